The number of hydrazone groups is 1. The molecule has 0 unspecified atom stereocenters. The number of halogens is 3. The van der Waals surface area contributed by atoms with Crippen molar-refractivity contribution >= 4 is 46.7 Å². The highest BCUT2D eigenvalue weighted by Gasteiger charge is 2.34. The Morgan fingerprint density at radius 3 is 2.39 bits per heavy atom. The Morgan fingerprint density at radius 2 is 1.81 bits per heavy atom. The molecule has 0 aromatic heterocycles. The SMILES string of the molecule is C[C@@H]1CN(c2cc(F)c(/C=N/NC(N)=S)cc2F)C[C@H](C)N1C(=O)c1ccc(Cl)cc1. The second kappa shape index (κ2) is 9.57. The number of thiocarbonyl (C=S) groups is 1. The zero-order valence-corrected chi connectivity index (χ0v) is 18.6. The van der Waals surface area contributed by atoms with Crippen LogP contribution >= 0.6 is 23.8 Å². The lowest BCUT2D eigenvalue weighted by Gasteiger charge is -2.45. The first-order chi connectivity index (χ1) is 14.7. The molecule has 1 amide bonds. The quantitative estimate of drug-likeness (QED) is 0.410. The molecule has 1 aliphatic rings. The molecule has 0 radical (unpaired) electrons. The van der Waals surface area contributed by atoms with E-state index in [0.717, 1.165) is 18.3 Å². The minimum absolute atomic E-state index is 0.0392. The van der Waals surface area contributed by atoms with Crippen LogP contribution in [0.1, 0.15) is 29.8 Å². The molecule has 1 aliphatic heterocycles. The molecule has 2 atom stereocenters. The van der Waals surface area contributed by atoms with E-state index in [-0.39, 0.29) is 34.4 Å². The Morgan fingerprint density at radius 1 is 1.19 bits per heavy atom. The van der Waals surface area contributed by atoms with Gasteiger partial charge in [0.25, 0.3) is 5.91 Å². The van der Waals surface area contributed by atoms with Crippen LogP contribution in [0.2, 0.25) is 5.02 Å². The minimum atomic E-state index is -0.634. The Balaban J connectivity index is 1.78. The third kappa shape index (κ3) is 5.29. The minimum Gasteiger partial charge on any atom is -0.375 e. The van der Waals surface area contributed by atoms with Crippen LogP contribution in [0.3, 0.4) is 0 Å². The van der Waals surface area contributed by atoms with Crippen molar-refractivity contribution in [3.05, 3.63) is 64.2 Å². The van der Waals surface area contributed by atoms with Gasteiger partial charge in [-0.25, -0.2) is 8.78 Å². The fraction of sp³-hybridized carbons (Fsp3) is 0.286. The topological polar surface area (TPSA) is 74.0 Å². The van der Waals surface area contributed by atoms with Crippen molar-refractivity contribution < 1.29 is 13.6 Å². The van der Waals surface area contributed by atoms with Gasteiger partial charge in [-0.3, -0.25) is 10.2 Å². The van der Waals surface area contributed by atoms with Crippen LogP contribution in [-0.2, 0) is 0 Å². The lowest BCUT2D eigenvalue weighted by Crippen LogP contribution is -2.59. The second-order valence-electron chi connectivity index (χ2n) is 7.38. The molecule has 0 spiro atoms. The Hall–Kier alpha value is -2.78. The van der Waals surface area contributed by atoms with Gasteiger partial charge in [0.05, 0.1) is 11.9 Å². The van der Waals surface area contributed by atoms with Gasteiger partial charge in [0.2, 0.25) is 0 Å². The Labute approximate surface area is 189 Å². The first-order valence-electron chi connectivity index (χ1n) is 9.58. The Bertz CT molecular complexity index is 1010. The van der Waals surface area contributed by atoms with Gasteiger partial charge in [-0.05, 0) is 56.4 Å². The summed E-state index contributed by atoms with van der Waals surface area (Å²) in [5.41, 5.74) is 8.17. The predicted octanol–water partition coefficient (Wildman–Crippen LogP) is 3.52. The molecule has 2 aromatic carbocycles. The number of amides is 1. The van der Waals surface area contributed by atoms with E-state index in [0.29, 0.717) is 23.7 Å². The number of anilines is 1. The van der Waals surface area contributed by atoms with Crippen molar-refractivity contribution in [2.75, 3.05) is 18.0 Å². The molecule has 164 valence electrons. The monoisotopic (exact) mass is 465 g/mol. The van der Waals surface area contributed by atoms with Crippen molar-refractivity contribution in [2.24, 2.45) is 10.8 Å². The second-order valence-corrected chi connectivity index (χ2v) is 8.26. The number of nitrogens with zero attached hydrogens (tertiary/aromatic N) is 3. The van der Waals surface area contributed by atoms with Gasteiger partial charge in [0.15, 0.2) is 5.11 Å². The van der Waals surface area contributed by atoms with Gasteiger partial charge < -0.3 is 15.5 Å². The summed E-state index contributed by atoms with van der Waals surface area (Å²) in [4.78, 5) is 16.5. The highest BCUT2D eigenvalue weighted by atomic mass is 35.5. The van der Waals surface area contributed by atoms with Gasteiger partial charge in [-0.15, -0.1) is 0 Å². The molecule has 0 bridgehead atoms. The molecular formula is C21H22ClF2N5OS. The number of hydrogen-bond donors (Lipinski definition) is 2. The van der Waals surface area contributed by atoms with Crippen molar-refractivity contribution in [1.29, 1.82) is 0 Å². The zero-order valence-electron chi connectivity index (χ0n) is 17.0. The number of carbonyl (C=O) groups excluding carboxylic acids is 1. The lowest BCUT2D eigenvalue weighted by molar-refractivity contribution is 0.0574. The maximum atomic E-state index is 14.8. The molecule has 6 nitrogen and oxygen atoms in total. The van der Waals surface area contributed by atoms with Crippen molar-refractivity contribution in [1.82, 2.24) is 10.3 Å². The summed E-state index contributed by atoms with van der Waals surface area (Å²) < 4.78 is 29.3. The molecule has 0 aliphatic carbocycles. The standard InChI is InChI=1S/C21H22ClF2N5OS/c1-12-10-28(11-13(2)29(12)20(30)14-3-5-16(22)6-4-14)19-8-17(23)15(7-18(19)24)9-26-27-21(25)31/h3-9,12-13H,10-11H2,1-2H3,(H3,25,27,31)/b26-9+/t12-,13+. The number of carbonyl (C=O) groups is 1. The van der Waals surface area contributed by atoms with E-state index >= 15 is 0 Å². The number of nitrogens with two attached hydrogens (primary N) is 1. The number of rotatable bonds is 4. The summed E-state index contributed by atoms with van der Waals surface area (Å²) in [6, 6.07) is 8.45. The highest BCUT2D eigenvalue weighted by Crippen LogP contribution is 2.28. The third-order valence-corrected chi connectivity index (χ3v) is 5.37. The first-order valence-corrected chi connectivity index (χ1v) is 10.4. The van der Waals surface area contributed by atoms with Crippen LogP contribution in [0, 0.1) is 11.6 Å². The van der Waals surface area contributed by atoms with Crippen molar-refractivity contribution in [2.45, 2.75) is 25.9 Å². The molecule has 1 saturated heterocycles. The average molecular weight is 466 g/mol. The molecule has 10 heteroatoms. The maximum absolute atomic E-state index is 14.8. The van der Waals surface area contributed by atoms with E-state index in [1.54, 1.807) is 34.1 Å². The van der Waals surface area contributed by atoms with Crippen LogP contribution in [0.25, 0.3) is 0 Å². The van der Waals surface area contributed by atoms with E-state index in [1.165, 1.54) is 0 Å². The lowest BCUT2D eigenvalue weighted by atomic mass is 10.0. The Kier molecular flexibility index (Phi) is 7.07. The smallest absolute Gasteiger partial charge is 0.254 e. The van der Waals surface area contributed by atoms with E-state index < -0.39 is 11.6 Å². The molecular weight excluding hydrogens is 444 g/mol. The summed E-state index contributed by atoms with van der Waals surface area (Å²) in [5.74, 6) is -1.35. The van der Waals surface area contributed by atoms with E-state index in [9.17, 15) is 13.6 Å². The highest BCUT2D eigenvalue weighted by molar-refractivity contribution is 7.80. The van der Waals surface area contributed by atoms with Gasteiger partial charge in [-0.1, -0.05) is 11.6 Å². The van der Waals surface area contributed by atoms with Gasteiger partial charge in [0.1, 0.15) is 11.6 Å². The van der Waals surface area contributed by atoms with E-state index in [4.69, 9.17) is 17.3 Å². The summed E-state index contributed by atoms with van der Waals surface area (Å²) in [6.07, 6.45) is 1.11. The molecule has 0 saturated carbocycles. The van der Waals surface area contributed by atoms with Gasteiger partial charge in [-0.2, -0.15) is 5.10 Å². The molecule has 3 N–H and O–H groups in total. The van der Waals surface area contributed by atoms with Crippen LogP contribution in [0.4, 0.5) is 14.5 Å². The average Bonchev–Trinajstić information content (AvgIpc) is 2.69. The summed E-state index contributed by atoms with van der Waals surface area (Å²) >= 11 is 10.5. The zero-order chi connectivity index (χ0) is 22.7. The summed E-state index contributed by atoms with van der Waals surface area (Å²) in [7, 11) is 0. The maximum Gasteiger partial charge on any atom is 0.254 e. The number of benzene rings is 2. The van der Waals surface area contributed by atoms with E-state index in [1.807, 2.05) is 13.8 Å². The van der Waals surface area contributed by atoms with Crippen molar-refractivity contribution in [3.8, 4) is 0 Å². The molecule has 1 fully saturated rings. The number of piperazine rings is 1. The van der Waals surface area contributed by atoms with Gasteiger partial charge in [0, 0.05) is 47.4 Å². The molecule has 1 heterocycles. The largest absolute Gasteiger partial charge is 0.375 e. The predicted molar refractivity (Wildman–Crippen MR) is 123 cm³/mol. The third-order valence-electron chi connectivity index (χ3n) is 5.03. The van der Waals surface area contributed by atoms with Crippen LogP contribution < -0.4 is 16.1 Å². The van der Waals surface area contributed by atoms with Gasteiger partial charge >= 0.3 is 0 Å². The fourth-order valence-electron chi connectivity index (χ4n) is 3.72. The van der Waals surface area contributed by atoms with Crippen LogP contribution in [-0.4, -0.2) is 47.3 Å². The molecule has 2 aromatic rings. The summed E-state index contributed by atoms with van der Waals surface area (Å²) in [5, 5.41) is 4.13. The van der Waals surface area contributed by atoms with Crippen LogP contribution in [0.15, 0.2) is 41.5 Å². The number of nitrogens with one attached hydrogen (secondary N) is 1. The first kappa shape index (κ1) is 22.9. The number of hydrogen-bond acceptors (Lipinski definition) is 4. The van der Waals surface area contributed by atoms with E-state index in [2.05, 4.69) is 22.7 Å². The van der Waals surface area contributed by atoms with Crippen LogP contribution in [0.5, 0.6) is 0 Å². The normalized spacial score (nSPS) is 19.0. The molecule has 3 rings (SSSR count). The molecule has 31 heavy (non-hydrogen) atoms. The summed E-state index contributed by atoms with van der Waals surface area (Å²) in [6.45, 7) is 4.48. The van der Waals surface area contributed by atoms with Crippen molar-refractivity contribution in [3.63, 3.8) is 0 Å². The fourth-order valence-corrected chi connectivity index (χ4v) is 3.90.